The normalized spacial score (nSPS) is 19.3. The number of carbonyl (C=O) groups is 2. The molecule has 0 bridgehead atoms. The van der Waals surface area contributed by atoms with Crippen molar-refractivity contribution in [2.45, 2.75) is 18.2 Å². The van der Waals surface area contributed by atoms with Crippen LogP contribution in [-0.2, 0) is 9.59 Å². The molecule has 2 aliphatic rings. The molecule has 1 saturated heterocycles. The van der Waals surface area contributed by atoms with Crippen LogP contribution >= 0.6 is 11.8 Å². The van der Waals surface area contributed by atoms with E-state index in [9.17, 15) is 9.59 Å². The number of nitrogens with zero attached hydrogens (tertiary/aromatic N) is 2. The molecule has 1 saturated carbocycles. The van der Waals surface area contributed by atoms with Crippen molar-refractivity contribution in [3.8, 4) is 0 Å². The molecule has 1 aliphatic heterocycles. The fourth-order valence-electron chi connectivity index (χ4n) is 3.22. The van der Waals surface area contributed by atoms with E-state index in [-0.39, 0.29) is 23.1 Å². The number of carbonyl (C=O) groups excluding carboxylic acids is 2. The number of amides is 2. The molecule has 1 heterocycles. The van der Waals surface area contributed by atoms with Gasteiger partial charge in [0, 0.05) is 37.1 Å². The Labute approximate surface area is 163 Å². The number of benzene rings is 2. The summed E-state index contributed by atoms with van der Waals surface area (Å²) in [4.78, 5) is 28.5. The van der Waals surface area contributed by atoms with Crippen LogP contribution in [0, 0.1) is 5.92 Å². The summed E-state index contributed by atoms with van der Waals surface area (Å²) in [5, 5.41) is 2.91. The molecule has 2 aromatic rings. The van der Waals surface area contributed by atoms with E-state index in [4.69, 9.17) is 0 Å². The van der Waals surface area contributed by atoms with E-state index in [2.05, 4.69) is 5.32 Å². The lowest BCUT2D eigenvalue weighted by molar-refractivity contribution is -0.117. The van der Waals surface area contributed by atoms with Crippen LogP contribution in [0.4, 0.5) is 17.1 Å². The second kappa shape index (κ2) is 7.27. The van der Waals surface area contributed by atoms with E-state index in [1.54, 1.807) is 11.8 Å². The summed E-state index contributed by atoms with van der Waals surface area (Å²) in [7, 11) is 3.99. The number of anilines is 3. The van der Waals surface area contributed by atoms with Crippen LogP contribution in [0.15, 0.2) is 48.5 Å². The van der Waals surface area contributed by atoms with E-state index in [1.165, 1.54) is 0 Å². The van der Waals surface area contributed by atoms with E-state index >= 15 is 0 Å². The Morgan fingerprint density at radius 1 is 1.15 bits per heavy atom. The topological polar surface area (TPSA) is 52.6 Å². The Morgan fingerprint density at radius 3 is 2.56 bits per heavy atom. The predicted octanol–water partition coefficient (Wildman–Crippen LogP) is 3.88. The van der Waals surface area contributed by atoms with Crippen LogP contribution in [0.5, 0.6) is 0 Å². The van der Waals surface area contributed by atoms with Gasteiger partial charge in [-0.15, -0.1) is 11.8 Å². The van der Waals surface area contributed by atoms with Crippen LogP contribution in [0.25, 0.3) is 0 Å². The third kappa shape index (κ3) is 3.81. The van der Waals surface area contributed by atoms with Crippen molar-refractivity contribution in [2.24, 2.45) is 5.92 Å². The smallest absolute Gasteiger partial charge is 0.238 e. The summed E-state index contributed by atoms with van der Waals surface area (Å²) in [6.07, 6.45) is 1.96. The minimum Gasteiger partial charge on any atom is -0.378 e. The van der Waals surface area contributed by atoms with Crippen molar-refractivity contribution < 1.29 is 9.59 Å². The van der Waals surface area contributed by atoms with Crippen LogP contribution < -0.4 is 15.1 Å². The van der Waals surface area contributed by atoms with Gasteiger partial charge in [-0.25, -0.2) is 0 Å². The average Bonchev–Trinajstić information content (AvgIpc) is 3.44. The van der Waals surface area contributed by atoms with Crippen molar-refractivity contribution in [3.63, 3.8) is 0 Å². The molecule has 2 fully saturated rings. The lowest BCUT2D eigenvalue weighted by Crippen LogP contribution is -2.28. The number of thioether (sulfide) groups is 1. The number of hydrogen-bond donors (Lipinski definition) is 1. The molecule has 0 radical (unpaired) electrons. The largest absolute Gasteiger partial charge is 0.378 e. The minimum atomic E-state index is -0.0829. The zero-order valence-electron chi connectivity index (χ0n) is 15.5. The molecule has 5 nitrogen and oxygen atoms in total. The van der Waals surface area contributed by atoms with Crippen LogP contribution in [-0.4, -0.2) is 31.7 Å². The summed E-state index contributed by atoms with van der Waals surface area (Å²) in [6.45, 7) is 0. The second-order valence-electron chi connectivity index (χ2n) is 7.23. The highest BCUT2D eigenvalue weighted by Crippen LogP contribution is 2.42. The first kappa shape index (κ1) is 17.9. The maximum absolute atomic E-state index is 12.6. The van der Waals surface area contributed by atoms with Gasteiger partial charge in [-0.1, -0.05) is 12.1 Å². The first-order valence-electron chi connectivity index (χ1n) is 9.15. The summed E-state index contributed by atoms with van der Waals surface area (Å²) < 4.78 is 0. The van der Waals surface area contributed by atoms with Gasteiger partial charge < -0.3 is 10.2 Å². The summed E-state index contributed by atoms with van der Waals surface area (Å²) in [6, 6.07) is 15.9. The van der Waals surface area contributed by atoms with Gasteiger partial charge in [0.05, 0.1) is 5.75 Å². The Kier molecular flexibility index (Phi) is 4.83. The van der Waals surface area contributed by atoms with E-state index in [1.807, 2.05) is 72.4 Å². The van der Waals surface area contributed by atoms with Crippen molar-refractivity contribution in [1.82, 2.24) is 0 Å². The molecule has 4 rings (SSSR count). The summed E-state index contributed by atoms with van der Waals surface area (Å²) in [5.74, 6) is 0.829. The average molecular weight is 382 g/mol. The Morgan fingerprint density at radius 2 is 1.89 bits per heavy atom. The van der Waals surface area contributed by atoms with E-state index in [0.717, 1.165) is 35.5 Å². The minimum absolute atomic E-state index is 0.0829. The standard InChI is InChI=1S/C21H23N3O2S/c1-23(2)17-8-10-18(11-9-17)24-19(25)13-27-21(24)15-4-3-5-16(12-15)22-20(26)14-6-7-14/h3-5,8-12,14,21H,6-7,13H2,1-2H3,(H,22,26)/t21-/m0/s1. The third-order valence-corrected chi connectivity index (χ3v) is 6.11. The Hall–Kier alpha value is -2.47. The van der Waals surface area contributed by atoms with Crippen molar-refractivity contribution in [2.75, 3.05) is 35.0 Å². The summed E-state index contributed by atoms with van der Waals surface area (Å²) in [5.41, 5.74) is 3.82. The quantitative estimate of drug-likeness (QED) is 0.854. The zero-order valence-corrected chi connectivity index (χ0v) is 16.3. The van der Waals surface area contributed by atoms with Gasteiger partial charge in [-0.05, 0) is 54.8 Å². The molecule has 1 N–H and O–H groups in total. The SMILES string of the molecule is CN(C)c1ccc(N2C(=O)CS[C@H]2c2cccc(NC(=O)C3CC3)c2)cc1. The Bertz CT molecular complexity index is 862. The monoisotopic (exact) mass is 381 g/mol. The maximum atomic E-state index is 12.6. The molecule has 6 heteroatoms. The van der Waals surface area contributed by atoms with E-state index < -0.39 is 0 Å². The lowest BCUT2D eigenvalue weighted by atomic mass is 10.1. The second-order valence-corrected chi connectivity index (χ2v) is 8.30. The number of hydrogen-bond acceptors (Lipinski definition) is 4. The number of rotatable bonds is 5. The first-order chi connectivity index (χ1) is 13.0. The molecular formula is C21H23N3O2S. The molecule has 2 aromatic carbocycles. The van der Waals surface area contributed by atoms with Crippen LogP contribution in [0.2, 0.25) is 0 Å². The fourth-order valence-corrected chi connectivity index (χ4v) is 4.39. The molecule has 2 amide bonds. The predicted molar refractivity (Wildman–Crippen MR) is 111 cm³/mol. The Balaban J connectivity index is 1.58. The highest BCUT2D eigenvalue weighted by molar-refractivity contribution is 8.00. The first-order valence-corrected chi connectivity index (χ1v) is 10.2. The van der Waals surface area contributed by atoms with Crippen LogP contribution in [0.1, 0.15) is 23.8 Å². The highest BCUT2D eigenvalue weighted by atomic mass is 32.2. The van der Waals surface area contributed by atoms with Crippen LogP contribution in [0.3, 0.4) is 0 Å². The molecule has 0 unspecified atom stereocenters. The van der Waals surface area contributed by atoms with Gasteiger partial charge in [-0.3, -0.25) is 14.5 Å². The van der Waals surface area contributed by atoms with Gasteiger partial charge in [-0.2, -0.15) is 0 Å². The number of nitrogens with one attached hydrogen (secondary N) is 1. The lowest BCUT2D eigenvalue weighted by Gasteiger charge is -2.25. The van der Waals surface area contributed by atoms with Gasteiger partial charge in [0.25, 0.3) is 0 Å². The summed E-state index contributed by atoms with van der Waals surface area (Å²) >= 11 is 1.62. The molecule has 1 atom stereocenters. The zero-order chi connectivity index (χ0) is 19.0. The van der Waals surface area contributed by atoms with Gasteiger partial charge in [0.2, 0.25) is 11.8 Å². The molecule has 0 spiro atoms. The molecule has 140 valence electrons. The van der Waals surface area contributed by atoms with E-state index in [0.29, 0.717) is 5.75 Å². The molecule has 27 heavy (non-hydrogen) atoms. The van der Waals surface area contributed by atoms with Crippen molar-refractivity contribution in [1.29, 1.82) is 0 Å². The van der Waals surface area contributed by atoms with Gasteiger partial charge in [0.15, 0.2) is 0 Å². The molecule has 0 aromatic heterocycles. The molecular weight excluding hydrogens is 358 g/mol. The third-order valence-electron chi connectivity index (χ3n) is 4.90. The van der Waals surface area contributed by atoms with Crippen molar-refractivity contribution >= 4 is 40.6 Å². The maximum Gasteiger partial charge on any atom is 0.238 e. The molecule has 1 aliphatic carbocycles. The highest BCUT2D eigenvalue weighted by Gasteiger charge is 2.34. The fraction of sp³-hybridized carbons (Fsp3) is 0.333. The van der Waals surface area contributed by atoms with Gasteiger partial charge in [0.1, 0.15) is 5.37 Å². The van der Waals surface area contributed by atoms with Crippen molar-refractivity contribution in [3.05, 3.63) is 54.1 Å². The van der Waals surface area contributed by atoms with Gasteiger partial charge >= 0.3 is 0 Å².